The number of rotatable bonds is 6. The Balaban J connectivity index is 1.46. The number of nitrogen functional groups attached to an aromatic ring is 1. The molecule has 1 unspecified atom stereocenters. The van der Waals surface area contributed by atoms with Crippen LogP contribution in [0.15, 0.2) is 42.7 Å². The second-order valence-corrected chi connectivity index (χ2v) is 8.97. The highest BCUT2D eigenvalue weighted by Crippen LogP contribution is 2.23. The van der Waals surface area contributed by atoms with Crippen LogP contribution in [0, 0.1) is 0 Å². The molecular weight excluding hydrogens is 438 g/mol. The summed E-state index contributed by atoms with van der Waals surface area (Å²) in [7, 11) is 0. The van der Waals surface area contributed by atoms with Crippen molar-refractivity contribution in [2.24, 2.45) is 0 Å². The van der Waals surface area contributed by atoms with E-state index in [0.717, 1.165) is 15.8 Å². The number of anilines is 1. The number of aliphatic carboxylic acids is 1. The molecule has 0 radical (unpaired) electrons. The van der Waals surface area contributed by atoms with Gasteiger partial charge in [-0.2, -0.15) is 0 Å². The molecule has 1 aliphatic rings. The van der Waals surface area contributed by atoms with Crippen LogP contribution in [0.1, 0.15) is 10.4 Å². The number of halogens is 1. The van der Waals surface area contributed by atoms with E-state index in [-0.39, 0.29) is 25.5 Å². The van der Waals surface area contributed by atoms with Gasteiger partial charge in [-0.1, -0.05) is 23.7 Å². The fraction of sp³-hybridized carbons (Fsp3) is 0.238. The van der Waals surface area contributed by atoms with Gasteiger partial charge in [0.1, 0.15) is 18.2 Å². The first-order valence-corrected chi connectivity index (χ1v) is 10.8. The Morgan fingerprint density at radius 3 is 2.90 bits per heavy atom. The summed E-state index contributed by atoms with van der Waals surface area (Å²) < 4.78 is 0.706. The molecule has 160 valence electrons. The minimum Gasteiger partial charge on any atom is -0.480 e. The summed E-state index contributed by atoms with van der Waals surface area (Å²) in [4.78, 5) is 37.1. The van der Waals surface area contributed by atoms with Gasteiger partial charge >= 0.3 is 5.97 Å². The van der Waals surface area contributed by atoms with E-state index in [4.69, 9.17) is 17.3 Å². The van der Waals surface area contributed by atoms with Gasteiger partial charge in [-0.15, -0.1) is 11.3 Å². The molecule has 1 saturated heterocycles. The Labute approximate surface area is 187 Å². The van der Waals surface area contributed by atoms with Crippen molar-refractivity contribution >= 4 is 57.6 Å². The molecule has 2 aromatic heterocycles. The van der Waals surface area contributed by atoms with Crippen LogP contribution in [0.3, 0.4) is 0 Å². The first kappa shape index (κ1) is 21.2. The molecule has 0 saturated carbocycles. The summed E-state index contributed by atoms with van der Waals surface area (Å²) in [5, 5.41) is 10.5. The average Bonchev–Trinajstić information content (AvgIpc) is 3.14. The molecular formula is C21H20ClN5O3S. The van der Waals surface area contributed by atoms with Gasteiger partial charge in [-0.25, -0.2) is 14.8 Å². The summed E-state index contributed by atoms with van der Waals surface area (Å²) in [6.07, 6.45) is 5.21. The van der Waals surface area contributed by atoms with Gasteiger partial charge in [0.25, 0.3) is 0 Å². The third-order valence-corrected chi connectivity index (χ3v) is 6.29. The largest absolute Gasteiger partial charge is 0.480 e. The minimum atomic E-state index is -1.03. The number of carbonyl (C=O) groups excluding carboxylic acids is 1. The van der Waals surface area contributed by atoms with Crippen molar-refractivity contribution in [3.8, 4) is 0 Å². The van der Waals surface area contributed by atoms with Gasteiger partial charge in [0, 0.05) is 29.9 Å². The van der Waals surface area contributed by atoms with Crippen molar-refractivity contribution in [1.82, 2.24) is 19.8 Å². The maximum Gasteiger partial charge on any atom is 0.327 e. The molecule has 10 heteroatoms. The monoisotopic (exact) mass is 457 g/mol. The molecule has 8 nitrogen and oxygen atoms in total. The number of aromatic nitrogens is 2. The molecule has 1 amide bonds. The standard InChI is InChI=1S/C21H20ClN5O3S/c22-18-6-4-14(31-18)2-1-7-26-10-17(21(29)30)27(19(28)11-26)9-13-3-5-15-16(8-13)24-12-25-20(15)23/h1-6,8,12,17H,7,9-11H2,(H,29,30)(H2,23,24,25)/b2-1+. The molecule has 4 rings (SSSR count). The van der Waals surface area contributed by atoms with Crippen molar-refractivity contribution < 1.29 is 14.7 Å². The number of carbonyl (C=O) groups is 2. The Kier molecular flexibility index (Phi) is 6.17. The molecule has 3 N–H and O–H groups in total. The molecule has 31 heavy (non-hydrogen) atoms. The highest BCUT2D eigenvalue weighted by atomic mass is 35.5. The van der Waals surface area contributed by atoms with Crippen LogP contribution >= 0.6 is 22.9 Å². The van der Waals surface area contributed by atoms with Gasteiger partial charge < -0.3 is 15.7 Å². The van der Waals surface area contributed by atoms with Crippen LogP contribution in [0.4, 0.5) is 5.82 Å². The van der Waals surface area contributed by atoms with Crippen molar-refractivity contribution in [3.63, 3.8) is 0 Å². The topological polar surface area (TPSA) is 113 Å². The molecule has 1 aliphatic heterocycles. The highest BCUT2D eigenvalue weighted by molar-refractivity contribution is 7.16. The third-order valence-electron chi connectivity index (χ3n) is 5.10. The Morgan fingerprint density at radius 1 is 1.32 bits per heavy atom. The SMILES string of the molecule is Nc1ncnc2cc(CN3C(=O)CN(C/C=C/c4ccc(Cl)s4)CC3C(=O)O)ccc12. The van der Waals surface area contributed by atoms with E-state index >= 15 is 0 Å². The molecule has 3 heterocycles. The minimum absolute atomic E-state index is 0.155. The van der Waals surface area contributed by atoms with E-state index in [2.05, 4.69) is 9.97 Å². The Morgan fingerprint density at radius 2 is 2.16 bits per heavy atom. The zero-order chi connectivity index (χ0) is 22.0. The molecule has 0 bridgehead atoms. The number of carboxylic acids is 1. The van der Waals surface area contributed by atoms with Gasteiger partial charge in [0.2, 0.25) is 5.91 Å². The smallest absolute Gasteiger partial charge is 0.327 e. The Bertz CT molecular complexity index is 1160. The lowest BCUT2D eigenvalue weighted by atomic mass is 10.1. The van der Waals surface area contributed by atoms with Crippen LogP contribution < -0.4 is 5.73 Å². The van der Waals surface area contributed by atoms with Crippen molar-refractivity contribution in [2.75, 3.05) is 25.4 Å². The number of piperazine rings is 1. The number of nitrogens with two attached hydrogens (primary N) is 1. The van der Waals surface area contributed by atoms with E-state index in [1.165, 1.54) is 22.6 Å². The van der Waals surface area contributed by atoms with Gasteiger partial charge in [-0.05, 0) is 35.9 Å². The highest BCUT2D eigenvalue weighted by Gasteiger charge is 2.36. The number of carboxylic acid groups (broad SMARTS) is 1. The zero-order valence-corrected chi connectivity index (χ0v) is 18.0. The number of amides is 1. The van der Waals surface area contributed by atoms with Gasteiger partial charge in [-0.3, -0.25) is 9.69 Å². The molecule has 0 spiro atoms. The normalized spacial score (nSPS) is 17.6. The predicted octanol–water partition coefficient (Wildman–Crippen LogP) is 2.74. The lowest BCUT2D eigenvalue weighted by Gasteiger charge is -2.38. The van der Waals surface area contributed by atoms with E-state index in [1.54, 1.807) is 12.1 Å². The quantitative estimate of drug-likeness (QED) is 0.585. The van der Waals surface area contributed by atoms with E-state index in [9.17, 15) is 14.7 Å². The van der Waals surface area contributed by atoms with Crippen LogP contribution in [0.25, 0.3) is 17.0 Å². The number of hydrogen-bond donors (Lipinski definition) is 2. The molecule has 1 atom stereocenters. The number of fused-ring (bicyclic) bond motifs is 1. The zero-order valence-electron chi connectivity index (χ0n) is 16.4. The first-order chi connectivity index (χ1) is 14.9. The molecule has 3 aromatic rings. The lowest BCUT2D eigenvalue weighted by Crippen LogP contribution is -2.58. The van der Waals surface area contributed by atoms with Crippen molar-refractivity contribution in [3.05, 3.63) is 57.5 Å². The van der Waals surface area contributed by atoms with E-state index < -0.39 is 12.0 Å². The summed E-state index contributed by atoms with van der Waals surface area (Å²) in [6, 6.07) is 8.21. The maximum absolute atomic E-state index is 12.8. The summed E-state index contributed by atoms with van der Waals surface area (Å²) in [6.45, 7) is 1.07. The third kappa shape index (κ3) is 4.84. The van der Waals surface area contributed by atoms with Crippen LogP contribution in [-0.4, -0.2) is 62.4 Å². The van der Waals surface area contributed by atoms with Crippen LogP contribution in [-0.2, 0) is 16.1 Å². The molecule has 1 aromatic carbocycles. The van der Waals surface area contributed by atoms with E-state index in [1.807, 2.05) is 35.3 Å². The second-order valence-electron chi connectivity index (χ2n) is 7.22. The van der Waals surface area contributed by atoms with Crippen LogP contribution in [0.2, 0.25) is 4.34 Å². The number of nitrogens with zero attached hydrogens (tertiary/aromatic N) is 4. The Hall–Kier alpha value is -3.01. The number of benzene rings is 1. The molecule has 0 aliphatic carbocycles. The summed E-state index contributed by atoms with van der Waals surface area (Å²) in [5.41, 5.74) is 7.30. The lowest BCUT2D eigenvalue weighted by molar-refractivity contribution is -0.156. The average molecular weight is 458 g/mol. The predicted molar refractivity (Wildman–Crippen MR) is 121 cm³/mol. The number of hydrogen-bond acceptors (Lipinski definition) is 7. The van der Waals surface area contributed by atoms with Gasteiger partial charge in [0.15, 0.2) is 0 Å². The fourth-order valence-electron chi connectivity index (χ4n) is 3.57. The fourth-order valence-corrected chi connectivity index (χ4v) is 4.56. The molecule has 1 fully saturated rings. The van der Waals surface area contributed by atoms with Crippen LogP contribution in [0.5, 0.6) is 0 Å². The van der Waals surface area contributed by atoms with E-state index in [0.29, 0.717) is 22.2 Å². The second kappa shape index (κ2) is 9.01. The summed E-state index contributed by atoms with van der Waals surface area (Å²) in [5.74, 6) is -0.879. The van der Waals surface area contributed by atoms with Gasteiger partial charge in [0.05, 0.1) is 16.4 Å². The van der Waals surface area contributed by atoms with Crippen molar-refractivity contribution in [2.45, 2.75) is 12.6 Å². The summed E-state index contributed by atoms with van der Waals surface area (Å²) >= 11 is 7.39. The van der Waals surface area contributed by atoms with Crippen molar-refractivity contribution in [1.29, 1.82) is 0 Å². The maximum atomic E-state index is 12.8. The number of thiophene rings is 1. The first-order valence-electron chi connectivity index (χ1n) is 9.56.